The number of nitrogens with zero attached hydrogens (tertiary/aromatic N) is 2. The average molecular weight is 395 g/mol. The molecule has 2 aromatic rings. The lowest BCUT2D eigenvalue weighted by atomic mass is 9.89. The summed E-state index contributed by atoms with van der Waals surface area (Å²) >= 11 is 0. The Balaban J connectivity index is 1.60. The lowest BCUT2D eigenvalue weighted by Gasteiger charge is -2.31. The van der Waals surface area contributed by atoms with Gasteiger partial charge in [-0.2, -0.15) is 0 Å². The highest BCUT2D eigenvalue weighted by atomic mass is 16.5. The number of aromatic nitrogens is 1. The van der Waals surface area contributed by atoms with Crippen molar-refractivity contribution in [3.8, 4) is 0 Å². The summed E-state index contributed by atoms with van der Waals surface area (Å²) in [4.78, 5) is 9.05. The Hall–Kier alpha value is -2.40. The molecule has 0 radical (unpaired) electrons. The first-order chi connectivity index (χ1) is 14.2. The van der Waals surface area contributed by atoms with Crippen molar-refractivity contribution in [1.29, 1.82) is 0 Å². The van der Waals surface area contributed by atoms with Crippen LogP contribution >= 0.6 is 0 Å². The maximum absolute atomic E-state index is 6.14. The van der Waals surface area contributed by atoms with E-state index in [1.54, 1.807) is 0 Å². The predicted octanol–water partition coefficient (Wildman–Crippen LogP) is 3.96. The Labute approximate surface area is 175 Å². The lowest BCUT2D eigenvalue weighted by Crippen LogP contribution is -2.39. The van der Waals surface area contributed by atoms with Crippen LogP contribution in [0.4, 0.5) is 0 Å². The van der Waals surface area contributed by atoms with E-state index in [9.17, 15) is 0 Å². The van der Waals surface area contributed by atoms with Crippen LogP contribution in [0.25, 0.3) is 0 Å². The van der Waals surface area contributed by atoms with Gasteiger partial charge in [0.25, 0.3) is 0 Å². The summed E-state index contributed by atoms with van der Waals surface area (Å²) in [6.45, 7) is 9.63. The minimum atomic E-state index is 0.135. The maximum Gasteiger partial charge on any atom is 0.191 e. The Kier molecular flexibility index (Phi) is 8.05. The van der Waals surface area contributed by atoms with Gasteiger partial charge in [-0.1, -0.05) is 29.8 Å². The van der Waals surface area contributed by atoms with Crippen molar-refractivity contribution in [3.05, 3.63) is 65.0 Å². The molecule has 29 heavy (non-hydrogen) atoms. The molecule has 5 heteroatoms. The molecule has 1 saturated heterocycles. The number of pyridine rings is 1. The summed E-state index contributed by atoms with van der Waals surface area (Å²) in [5.74, 6) is 1.29. The molecule has 1 aromatic heterocycles. The minimum Gasteiger partial charge on any atom is -0.373 e. The molecule has 1 fully saturated rings. The van der Waals surface area contributed by atoms with Crippen LogP contribution in [0.1, 0.15) is 48.1 Å². The fraction of sp³-hybridized carbons (Fsp3) is 0.500. The zero-order valence-corrected chi connectivity index (χ0v) is 17.9. The Morgan fingerprint density at radius 2 is 2.00 bits per heavy atom. The molecule has 0 bridgehead atoms. The van der Waals surface area contributed by atoms with Crippen LogP contribution in [0.2, 0.25) is 0 Å². The number of ether oxygens (including phenoxy) is 1. The minimum absolute atomic E-state index is 0.135. The van der Waals surface area contributed by atoms with Gasteiger partial charge in [-0.05, 0) is 62.8 Å². The van der Waals surface area contributed by atoms with Gasteiger partial charge in [0.05, 0.1) is 6.10 Å². The number of aryl methyl sites for hydroxylation is 2. The van der Waals surface area contributed by atoms with Gasteiger partial charge in [0.2, 0.25) is 0 Å². The third-order valence-corrected chi connectivity index (χ3v) is 5.50. The summed E-state index contributed by atoms with van der Waals surface area (Å²) in [6, 6.07) is 10.8. The summed E-state index contributed by atoms with van der Waals surface area (Å²) in [7, 11) is 0. The fourth-order valence-electron chi connectivity index (χ4n) is 3.80. The Bertz CT molecular complexity index is 788. The standard InChI is InChI=1S/C24H34N4O/c1-4-26-24(27-14-12-20-11-13-25-16-19(20)3)28-17-22-6-5-15-29-23(22)21-9-7-18(2)8-10-21/h7-11,13,16,22-23H,4-6,12,14-15,17H2,1-3H3,(H2,26,27,28). The van der Waals surface area contributed by atoms with E-state index in [-0.39, 0.29) is 6.10 Å². The monoisotopic (exact) mass is 394 g/mol. The molecule has 1 aliphatic heterocycles. The smallest absolute Gasteiger partial charge is 0.191 e. The van der Waals surface area contributed by atoms with Gasteiger partial charge in [-0.15, -0.1) is 0 Å². The largest absolute Gasteiger partial charge is 0.373 e. The summed E-state index contributed by atoms with van der Waals surface area (Å²) in [6.07, 6.45) is 7.12. The highest BCUT2D eigenvalue weighted by Gasteiger charge is 2.27. The van der Waals surface area contributed by atoms with Gasteiger partial charge in [0.1, 0.15) is 0 Å². The molecule has 3 rings (SSSR count). The van der Waals surface area contributed by atoms with Crippen LogP contribution in [0.15, 0.2) is 47.7 Å². The first-order valence-electron chi connectivity index (χ1n) is 10.8. The number of hydrogen-bond acceptors (Lipinski definition) is 3. The Morgan fingerprint density at radius 1 is 1.17 bits per heavy atom. The number of aliphatic imine (C=N–C) groups is 1. The first kappa shape index (κ1) is 21.3. The molecule has 2 atom stereocenters. The second-order valence-electron chi connectivity index (χ2n) is 7.80. The van der Waals surface area contributed by atoms with Crippen LogP contribution in [-0.2, 0) is 11.2 Å². The highest BCUT2D eigenvalue weighted by molar-refractivity contribution is 5.79. The normalized spacial score (nSPS) is 19.8. The topological polar surface area (TPSA) is 58.5 Å². The van der Waals surface area contributed by atoms with E-state index in [0.717, 1.165) is 51.5 Å². The van der Waals surface area contributed by atoms with Gasteiger partial charge in [0.15, 0.2) is 5.96 Å². The van der Waals surface area contributed by atoms with E-state index < -0.39 is 0 Å². The first-order valence-corrected chi connectivity index (χ1v) is 10.8. The molecule has 0 aliphatic carbocycles. The fourth-order valence-corrected chi connectivity index (χ4v) is 3.80. The van der Waals surface area contributed by atoms with Gasteiger partial charge >= 0.3 is 0 Å². The molecule has 1 aliphatic rings. The van der Waals surface area contributed by atoms with Crippen LogP contribution < -0.4 is 10.6 Å². The summed E-state index contributed by atoms with van der Waals surface area (Å²) < 4.78 is 6.14. The maximum atomic E-state index is 6.14. The number of rotatable bonds is 7. The van der Waals surface area contributed by atoms with Crippen molar-refractivity contribution in [2.24, 2.45) is 10.9 Å². The molecule has 5 nitrogen and oxygen atoms in total. The number of benzene rings is 1. The van der Waals surface area contributed by atoms with Crippen molar-refractivity contribution < 1.29 is 4.74 Å². The second-order valence-corrected chi connectivity index (χ2v) is 7.80. The summed E-state index contributed by atoms with van der Waals surface area (Å²) in [5.41, 5.74) is 5.10. The number of hydrogen-bond donors (Lipinski definition) is 2. The van der Waals surface area contributed by atoms with Crippen LogP contribution in [0.3, 0.4) is 0 Å². The van der Waals surface area contributed by atoms with Crippen LogP contribution in [0.5, 0.6) is 0 Å². The van der Waals surface area contributed by atoms with E-state index in [1.165, 1.54) is 22.3 Å². The van der Waals surface area contributed by atoms with Gasteiger partial charge < -0.3 is 15.4 Å². The third-order valence-electron chi connectivity index (χ3n) is 5.50. The van der Waals surface area contributed by atoms with E-state index >= 15 is 0 Å². The molecule has 2 unspecified atom stereocenters. The molecule has 156 valence electrons. The number of guanidine groups is 1. The highest BCUT2D eigenvalue weighted by Crippen LogP contribution is 2.33. The van der Waals surface area contributed by atoms with Gasteiger partial charge in [0, 0.05) is 44.6 Å². The van der Waals surface area contributed by atoms with Crippen molar-refractivity contribution in [1.82, 2.24) is 15.6 Å². The number of nitrogens with one attached hydrogen (secondary N) is 2. The molecule has 2 N–H and O–H groups in total. The average Bonchev–Trinajstić information content (AvgIpc) is 2.74. The van der Waals surface area contributed by atoms with Crippen LogP contribution in [0, 0.1) is 19.8 Å². The van der Waals surface area contributed by atoms with E-state index in [0.29, 0.717) is 5.92 Å². The lowest BCUT2D eigenvalue weighted by molar-refractivity contribution is -0.0250. The van der Waals surface area contributed by atoms with E-state index in [1.807, 2.05) is 12.4 Å². The second kappa shape index (κ2) is 11.0. The predicted molar refractivity (Wildman–Crippen MR) is 119 cm³/mol. The zero-order valence-electron chi connectivity index (χ0n) is 17.9. The molecular formula is C24H34N4O. The molecular weight excluding hydrogens is 360 g/mol. The van der Waals surface area contributed by atoms with Gasteiger partial charge in [-0.25, -0.2) is 0 Å². The van der Waals surface area contributed by atoms with E-state index in [4.69, 9.17) is 9.73 Å². The molecule has 0 spiro atoms. The molecule has 0 saturated carbocycles. The third kappa shape index (κ3) is 6.29. The Morgan fingerprint density at radius 3 is 2.76 bits per heavy atom. The molecule has 2 heterocycles. The van der Waals surface area contributed by atoms with Crippen molar-refractivity contribution in [2.45, 2.75) is 46.1 Å². The van der Waals surface area contributed by atoms with Crippen molar-refractivity contribution in [3.63, 3.8) is 0 Å². The van der Waals surface area contributed by atoms with Crippen molar-refractivity contribution in [2.75, 3.05) is 26.2 Å². The zero-order chi connectivity index (χ0) is 20.5. The van der Waals surface area contributed by atoms with Gasteiger partial charge in [-0.3, -0.25) is 9.98 Å². The summed E-state index contributed by atoms with van der Waals surface area (Å²) in [5, 5.41) is 6.85. The molecule has 1 aromatic carbocycles. The SMILES string of the molecule is CCNC(=NCC1CCCOC1c1ccc(C)cc1)NCCc1ccncc1C. The van der Waals surface area contributed by atoms with Crippen molar-refractivity contribution >= 4 is 5.96 Å². The quantitative estimate of drug-likeness (QED) is 0.551. The van der Waals surface area contributed by atoms with E-state index in [2.05, 4.69) is 66.7 Å². The van der Waals surface area contributed by atoms with Crippen LogP contribution in [-0.4, -0.2) is 37.2 Å². The molecule has 0 amide bonds.